The van der Waals surface area contributed by atoms with Gasteiger partial charge in [0.1, 0.15) is 6.33 Å². The van der Waals surface area contributed by atoms with E-state index in [9.17, 15) is 4.79 Å². The lowest BCUT2D eigenvalue weighted by Gasteiger charge is -2.25. The van der Waals surface area contributed by atoms with Gasteiger partial charge in [0.25, 0.3) is 5.78 Å². The van der Waals surface area contributed by atoms with Gasteiger partial charge in [-0.15, -0.1) is 0 Å². The molecule has 4 aromatic rings. The Kier molecular flexibility index (Phi) is 5.24. The summed E-state index contributed by atoms with van der Waals surface area (Å²) in [5.41, 5.74) is 4.61. The molecule has 1 aliphatic rings. The van der Waals surface area contributed by atoms with Crippen LogP contribution in [0.4, 0.5) is 10.8 Å². The molecule has 0 atom stereocenters. The average Bonchev–Trinajstić information content (AvgIpc) is 3.41. The molecule has 10 heteroatoms. The molecule has 4 heterocycles. The van der Waals surface area contributed by atoms with E-state index < -0.39 is 0 Å². The molecule has 1 aliphatic heterocycles. The molecule has 0 unspecified atom stereocenters. The van der Waals surface area contributed by atoms with Crippen LogP contribution in [0.1, 0.15) is 23.4 Å². The van der Waals surface area contributed by atoms with Gasteiger partial charge in [-0.3, -0.25) is 4.79 Å². The molecule has 1 aromatic carbocycles. The maximum atomic E-state index is 12.6. The topological polar surface area (TPSA) is 97.5 Å². The largest absolute Gasteiger partial charge is 0.378 e. The van der Waals surface area contributed by atoms with E-state index in [1.54, 1.807) is 15.9 Å². The highest BCUT2D eigenvalue weighted by molar-refractivity contribution is 7.22. The highest BCUT2D eigenvalue weighted by Crippen LogP contribution is 2.31. The Morgan fingerprint density at radius 1 is 1.23 bits per heavy atom. The number of carbonyl (C=O) groups excluding carboxylic acids is 1. The summed E-state index contributed by atoms with van der Waals surface area (Å²) in [6, 6.07) is 5.86. The minimum Gasteiger partial charge on any atom is -0.378 e. The number of morpholine rings is 1. The third-order valence-corrected chi connectivity index (χ3v) is 6.61. The zero-order chi connectivity index (χ0) is 21.4. The summed E-state index contributed by atoms with van der Waals surface area (Å²) in [4.78, 5) is 28.2. The molecular formula is C21H23N7O2S. The van der Waals surface area contributed by atoms with Gasteiger partial charge in [0, 0.05) is 36.6 Å². The van der Waals surface area contributed by atoms with E-state index in [1.807, 2.05) is 32.0 Å². The van der Waals surface area contributed by atoms with Crippen molar-refractivity contribution in [2.45, 2.75) is 26.7 Å². The third kappa shape index (κ3) is 3.96. The molecule has 31 heavy (non-hydrogen) atoms. The van der Waals surface area contributed by atoms with Gasteiger partial charge >= 0.3 is 0 Å². The van der Waals surface area contributed by atoms with Crippen molar-refractivity contribution < 1.29 is 9.53 Å². The van der Waals surface area contributed by atoms with E-state index in [2.05, 4.69) is 25.3 Å². The number of thiazole rings is 1. The Bertz CT molecular complexity index is 1260. The fourth-order valence-corrected chi connectivity index (χ4v) is 4.92. The number of nitrogens with zero attached hydrogens (tertiary/aromatic N) is 6. The van der Waals surface area contributed by atoms with E-state index in [-0.39, 0.29) is 5.91 Å². The van der Waals surface area contributed by atoms with E-state index in [4.69, 9.17) is 9.72 Å². The number of anilines is 2. The minimum absolute atomic E-state index is 0.0326. The molecule has 160 valence electrons. The summed E-state index contributed by atoms with van der Waals surface area (Å²) in [6.45, 7) is 7.10. The molecule has 0 spiro atoms. The predicted molar refractivity (Wildman–Crippen MR) is 120 cm³/mol. The lowest BCUT2D eigenvalue weighted by atomic mass is 10.1. The smallest absolute Gasteiger partial charge is 0.252 e. The van der Waals surface area contributed by atoms with Crippen LogP contribution in [0, 0.1) is 13.8 Å². The molecule has 0 radical (unpaired) electrons. The van der Waals surface area contributed by atoms with Gasteiger partial charge in [-0.1, -0.05) is 11.3 Å². The van der Waals surface area contributed by atoms with Crippen LogP contribution >= 0.6 is 11.3 Å². The zero-order valence-electron chi connectivity index (χ0n) is 17.5. The van der Waals surface area contributed by atoms with Crippen LogP contribution in [-0.4, -0.2) is 56.8 Å². The molecule has 1 saturated heterocycles. The van der Waals surface area contributed by atoms with Crippen LogP contribution in [-0.2, 0) is 16.0 Å². The zero-order valence-corrected chi connectivity index (χ0v) is 18.3. The third-order valence-electron chi connectivity index (χ3n) is 5.53. The molecule has 1 amide bonds. The lowest BCUT2D eigenvalue weighted by Crippen LogP contribution is -2.36. The molecule has 0 aliphatic carbocycles. The van der Waals surface area contributed by atoms with E-state index in [0.29, 0.717) is 18.6 Å². The number of amides is 1. The second-order valence-electron chi connectivity index (χ2n) is 7.56. The van der Waals surface area contributed by atoms with Crippen LogP contribution in [0.5, 0.6) is 0 Å². The van der Waals surface area contributed by atoms with Crippen molar-refractivity contribution in [3.8, 4) is 0 Å². The molecule has 5 rings (SSSR count). The van der Waals surface area contributed by atoms with Crippen molar-refractivity contribution in [1.82, 2.24) is 24.6 Å². The number of aromatic nitrogens is 5. The fraction of sp³-hybridized carbons (Fsp3) is 0.381. The SMILES string of the molecule is Cc1nc2ncnn2c(C)c1CCC(=O)Nc1ccc2nc(N3CCOCC3)sc2c1. The summed E-state index contributed by atoms with van der Waals surface area (Å²) in [5, 5.41) is 8.23. The number of nitrogens with one attached hydrogen (secondary N) is 1. The Balaban J connectivity index is 1.27. The van der Waals surface area contributed by atoms with Crippen molar-refractivity contribution in [1.29, 1.82) is 0 Å². The summed E-state index contributed by atoms with van der Waals surface area (Å²) < 4.78 is 8.19. The normalized spacial score (nSPS) is 14.5. The standard InChI is InChI=1S/C21H23N7O2S/c1-13-16(14(2)28-20(24-13)22-12-23-28)4-6-19(29)25-15-3-5-17-18(11-15)31-21(26-17)27-7-9-30-10-8-27/h3,5,11-12H,4,6-10H2,1-2H3,(H,25,29). The number of aryl methyl sites for hydroxylation is 2. The highest BCUT2D eigenvalue weighted by atomic mass is 32.1. The first kappa shape index (κ1) is 19.8. The maximum absolute atomic E-state index is 12.6. The van der Waals surface area contributed by atoms with Crippen LogP contribution in [0.15, 0.2) is 24.5 Å². The Morgan fingerprint density at radius 2 is 2.06 bits per heavy atom. The van der Waals surface area contributed by atoms with Gasteiger partial charge in [0.2, 0.25) is 5.91 Å². The van der Waals surface area contributed by atoms with Gasteiger partial charge in [0.15, 0.2) is 5.13 Å². The van der Waals surface area contributed by atoms with Crippen molar-refractivity contribution in [2.24, 2.45) is 0 Å². The first-order valence-corrected chi connectivity index (χ1v) is 11.1. The number of rotatable bonds is 5. The van der Waals surface area contributed by atoms with Crippen molar-refractivity contribution >= 4 is 44.1 Å². The summed E-state index contributed by atoms with van der Waals surface area (Å²) in [7, 11) is 0. The van der Waals surface area contributed by atoms with E-state index >= 15 is 0 Å². The van der Waals surface area contributed by atoms with Crippen molar-refractivity contribution in [2.75, 3.05) is 36.5 Å². The minimum atomic E-state index is -0.0326. The van der Waals surface area contributed by atoms with Gasteiger partial charge in [-0.05, 0) is 44.0 Å². The highest BCUT2D eigenvalue weighted by Gasteiger charge is 2.16. The van der Waals surface area contributed by atoms with Crippen molar-refractivity contribution in [3.05, 3.63) is 41.5 Å². The predicted octanol–water partition coefficient (Wildman–Crippen LogP) is 2.76. The van der Waals surface area contributed by atoms with Gasteiger partial charge in [0.05, 0.1) is 23.4 Å². The van der Waals surface area contributed by atoms with Crippen molar-refractivity contribution in [3.63, 3.8) is 0 Å². The summed E-state index contributed by atoms with van der Waals surface area (Å²) >= 11 is 1.65. The Hall–Kier alpha value is -3.11. The summed E-state index contributed by atoms with van der Waals surface area (Å²) in [5.74, 6) is 0.548. The second-order valence-corrected chi connectivity index (χ2v) is 8.57. The number of ether oxygens (including phenoxy) is 1. The van der Waals surface area contributed by atoms with Crippen LogP contribution in [0.2, 0.25) is 0 Å². The van der Waals surface area contributed by atoms with E-state index in [1.165, 1.54) is 6.33 Å². The average molecular weight is 438 g/mol. The number of hydrogen-bond acceptors (Lipinski definition) is 8. The number of carbonyl (C=O) groups is 1. The quantitative estimate of drug-likeness (QED) is 0.513. The van der Waals surface area contributed by atoms with Crippen LogP contribution in [0.25, 0.3) is 16.0 Å². The number of benzene rings is 1. The van der Waals surface area contributed by atoms with Crippen LogP contribution in [0.3, 0.4) is 0 Å². The summed E-state index contributed by atoms with van der Waals surface area (Å²) in [6.07, 6.45) is 2.45. The molecule has 0 saturated carbocycles. The van der Waals surface area contributed by atoms with Crippen LogP contribution < -0.4 is 10.2 Å². The Morgan fingerprint density at radius 3 is 2.90 bits per heavy atom. The monoisotopic (exact) mass is 437 g/mol. The molecular weight excluding hydrogens is 414 g/mol. The maximum Gasteiger partial charge on any atom is 0.252 e. The van der Waals surface area contributed by atoms with Gasteiger partial charge in [-0.25, -0.2) is 14.5 Å². The molecule has 1 fully saturated rings. The molecule has 1 N–H and O–H groups in total. The number of fused-ring (bicyclic) bond motifs is 2. The second kappa shape index (κ2) is 8.20. The first-order chi connectivity index (χ1) is 15.1. The molecule has 3 aromatic heterocycles. The first-order valence-electron chi connectivity index (χ1n) is 10.3. The van der Waals surface area contributed by atoms with Gasteiger partial charge < -0.3 is 15.0 Å². The Labute approximate surface area is 183 Å². The van der Waals surface area contributed by atoms with Gasteiger partial charge in [-0.2, -0.15) is 10.1 Å². The van der Waals surface area contributed by atoms with E-state index in [0.717, 1.165) is 64.3 Å². The lowest BCUT2D eigenvalue weighted by molar-refractivity contribution is -0.116. The fourth-order valence-electron chi connectivity index (χ4n) is 3.86. The number of hydrogen-bond donors (Lipinski definition) is 1. The molecule has 0 bridgehead atoms. The molecule has 9 nitrogen and oxygen atoms in total.